The van der Waals surface area contributed by atoms with E-state index in [2.05, 4.69) is 5.32 Å². The molecule has 0 bridgehead atoms. The van der Waals surface area contributed by atoms with Crippen LogP contribution in [-0.4, -0.2) is 24.3 Å². The highest BCUT2D eigenvalue weighted by Crippen LogP contribution is 2.11. The van der Waals surface area contributed by atoms with Gasteiger partial charge in [-0.3, -0.25) is 9.59 Å². The van der Waals surface area contributed by atoms with Crippen molar-refractivity contribution in [3.05, 3.63) is 34.9 Å². The number of benzene rings is 1. The number of nitrogens with two attached hydrogens (primary N) is 1. The largest absolute Gasteiger partial charge is 0.352 e. The maximum atomic E-state index is 11.8. The van der Waals surface area contributed by atoms with Gasteiger partial charge in [0.2, 0.25) is 5.91 Å². The van der Waals surface area contributed by atoms with Gasteiger partial charge in [-0.1, -0.05) is 11.6 Å². The molecular formula is C13H18Cl2N2O2. The van der Waals surface area contributed by atoms with Crippen molar-refractivity contribution < 1.29 is 9.59 Å². The topological polar surface area (TPSA) is 72.2 Å². The van der Waals surface area contributed by atoms with Gasteiger partial charge < -0.3 is 11.1 Å². The Morgan fingerprint density at radius 1 is 1.26 bits per heavy atom. The molecule has 1 atom stereocenters. The van der Waals surface area contributed by atoms with Crippen molar-refractivity contribution >= 4 is 35.7 Å². The van der Waals surface area contributed by atoms with Crippen LogP contribution in [0.5, 0.6) is 0 Å². The Kier molecular flexibility index (Phi) is 8.39. The maximum Gasteiger partial charge on any atom is 0.220 e. The van der Waals surface area contributed by atoms with E-state index in [4.69, 9.17) is 17.3 Å². The van der Waals surface area contributed by atoms with E-state index in [1.165, 1.54) is 0 Å². The molecule has 0 saturated carbocycles. The number of nitrogens with one attached hydrogen (secondary N) is 1. The molecule has 0 aromatic heterocycles. The monoisotopic (exact) mass is 304 g/mol. The molecule has 106 valence electrons. The zero-order valence-corrected chi connectivity index (χ0v) is 12.3. The molecule has 0 fully saturated rings. The minimum atomic E-state index is -0.157. The molecule has 1 rings (SSSR count). The van der Waals surface area contributed by atoms with Crippen LogP contribution >= 0.6 is 24.0 Å². The van der Waals surface area contributed by atoms with E-state index >= 15 is 0 Å². The second-order valence-corrected chi connectivity index (χ2v) is 4.57. The van der Waals surface area contributed by atoms with Crippen LogP contribution in [0.3, 0.4) is 0 Å². The fourth-order valence-electron chi connectivity index (χ4n) is 1.41. The second kappa shape index (κ2) is 8.91. The van der Waals surface area contributed by atoms with E-state index < -0.39 is 0 Å². The van der Waals surface area contributed by atoms with Crippen LogP contribution in [0.4, 0.5) is 0 Å². The summed E-state index contributed by atoms with van der Waals surface area (Å²) in [6.07, 6.45) is 0.358. The van der Waals surface area contributed by atoms with Crippen molar-refractivity contribution in [1.29, 1.82) is 0 Å². The predicted molar refractivity (Wildman–Crippen MR) is 78.9 cm³/mol. The molecule has 3 N–H and O–H groups in total. The van der Waals surface area contributed by atoms with Crippen molar-refractivity contribution in [2.24, 2.45) is 5.73 Å². The highest BCUT2D eigenvalue weighted by Gasteiger charge is 2.10. The van der Waals surface area contributed by atoms with Gasteiger partial charge in [-0.05, 0) is 31.2 Å². The summed E-state index contributed by atoms with van der Waals surface area (Å²) >= 11 is 5.73. The summed E-state index contributed by atoms with van der Waals surface area (Å²) < 4.78 is 0. The highest BCUT2D eigenvalue weighted by atomic mass is 35.5. The Morgan fingerprint density at radius 2 is 1.84 bits per heavy atom. The standard InChI is InChI=1S/C13H17ClN2O2.ClH/c1-9(8-15)16-13(18)7-6-12(17)10-2-4-11(14)5-3-10;/h2-5,9H,6-8,15H2,1H3,(H,16,18);1H/t9-;/m0./s1. The number of amides is 1. The van der Waals surface area contributed by atoms with Gasteiger partial charge in [0.05, 0.1) is 0 Å². The lowest BCUT2D eigenvalue weighted by Crippen LogP contribution is -2.37. The summed E-state index contributed by atoms with van der Waals surface area (Å²) in [5.41, 5.74) is 5.96. The van der Waals surface area contributed by atoms with Gasteiger partial charge in [0, 0.05) is 36.0 Å². The molecular weight excluding hydrogens is 287 g/mol. The Morgan fingerprint density at radius 3 is 2.37 bits per heavy atom. The van der Waals surface area contributed by atoms with Crippen LogP contribution in [0.15, 0.2) is 24.3 Å². The van der Waals surface area contributed by atoms with E-state index in [1.54, 1.807) is 24.3 Å². The highest BCUT2D eigenvalue weighted by molar-refractivity contribution is 6.30. The first-order valence-electron chi connectivity index (χ1n) is 5.81. The van der Waals surface area contributed by atoms with E-state index in [-0.39, 0.29) is 43.0 Å². The quantitative estimate of drug-likeness (QED) is 0.791. The van der Waals surface area contributed by atoms with E-state index in [0.717, 1.165) is 0 Å². The molecule has 0 saturated heterocycles. The Bertz CT molecular complexity index is 421. The smallest absolute Gasteiger partial charge is 0.220 e. The lowest BCUT2D eigenvalue weighted by atomic mass is 10.1. The minimum absolute atomic E-state index is 0. The van der Waals surface area contributed by atoms with Crippen LogP contribution in [0.25, 0.3) is 0 Å². The molecule has 0 radical (unpaired) electrons. The van der Waals surface area contributed by atoms with Gasteiger partial charge in [-0.2, -0.15) is 0 Å². The van der Waals surface area contributed by atoms with Crippen molar-refractivity contribution in [3.63, 3.8) is 0 Å². The fraction of sp³-hybridized carbons (Fsp3) is 0.385. The minimum Gasteiger partial charge on any atom is -0.352 e. The first kappa shape index (κ1) is 17.9. The molecule has 0 aliphatic rings. The summed E-state index contributed by atoms with van der Waals surface area (Å²) in [7, 11) is 0. The van der Waals surface area contributed by atoms with Crippen LogP contribution in [0.1, 0.15) is 30.1 Å². The van der Waals surface area contributed by atoms with Gasteiger partial charge in [-0.25, -0.2) is 0 Å². The number of carbonyl (C=O) groups is 2. The number of hydrogen-bond donors (Lipinski definition) is 2. The average Bonchev–Trinajstić information content (AvgIpc) is 2.36. The summed E-state index contributed by atoms with van der Waals surface area (Å²) in [6.45, 7) is 2.20. The summed E-state index contributed by atoms with van der Waals surface area (Å²) in [5.74, 6) is -0.225. The van der Waals surface area contributed by atoms with Crippen LogP contribution in [0, 0.1) is 0 Å². The lowest BCUT2D eigenvalue weighted by Gasteiger charge is -2.10. The van der Waals surface area contributed by atoms with Crippen LogP contribution < -0.4 is 11.1 Å². The fourth-order valence-corrected chi connectivity index (χ4v) is 1.54. The zero-order valence-electron chi connectivity index (χ0n) is 10.7. The molecule has 0 heterocycles. The van der Waals surface area contributed by atoms with Gasteiger partial charge in [0.25, 0.3) is 0 Å². The molecule has 4 nitrogen and oxygen atoms in total. The molecule has 0 unspecified atom stereocenters. The zero-order chi connectivity index (χ0) is 13.5. The first-order chi connectivity index (χ1) is 8.52. The molecule has 1 aromatic rings. The Labute approximate surface area is 124 Å². The number of carbonyl (C=O) groups excluding carboxylic acids is 2. The molecule has 1 aromatic carbocycles. The van der Waals surface area contributed by atoms with Gasteiger partial charge in [-0.15, -0.1) is 12.4 Å². The summed E-state index contributed by atoms with van der Waals surface area (Å²) in [4.78, 5) is 23.2. The second-order valence-electron chi connectivity index (χ2n) is 4.13. The third kappa shape index (κ3) is 6.57. The van der Waals surface area contributed by atoms with E-state index in [1.807, 2.05) is 6.92 Å². The normalized spacial score (nSPS) is 11.3. The van der Waals surface area contributed by atoms with Gasteiger partial charge >= 0.3 is 0 Å². The average molecular weight is 305 g/mol. The van der Waals surface area contributed by atoms with Crippen molar-refractivity contribution in [2.75, 3.05) is 6.54 Å². The van der Waals surface area contributed by atoms with Crippen LogP contribution in [0.2, 0.25) is 5.02 Å². The van der Waals surface area contributed by atoms with Crippen molar-refractivity contribution in [2.45, 2.75) is 25.8 Å². The molecule has 0 spiro atoms. The third-order valence-electron chi connectivity index (χ3n) is 2.51. The molecule has 0 aliphatic carbocycles. The summed E-state index contributed by atoms with van der Waals surface area (Å²) in [6, 6.07) is 6.57. The van der Waals surface area contributed by atoms with Gasteiger partial charge in [0.15, 0.2) is 5.78 Å². The first-order valence-corrected chi connectivity index (χ1v) is 6.19. The number of ketones is 1. The predicted octanol–water partition coefficient (Wildman–Crippen LogP) is 2.19. The summed E-state index contributed by atoms with van der Waals surface area (Å²) in [5, 5.41) is 3.29. The Balaban J connectivity index is 0.00000324. The lowest BCUT2D eigenvalue weighted by molar-refractivity contribution is -0.121. The number of rotatable bonds is 6. The van der Waals surface area contributed by atoms with E-state index in [0.29, 0.717) is 17.1 Å². The number of hydrogen-bond acceptors (Lipinski definition) is 3. The van der Waals surface area contributed by atoms with Crippen molar-refractivity contribution in [3.8, 4) is 0 Å². The van der Waals surface area contributed by atoms with Crippen LogP contribution in [-0.2, 0) is 4.79 Å². The Hall–Kier alpha value is -1.10. The molecule has 0 aliphatic heterocycles. The SMILES string of the molecule is C[C@@H](CN)NC(=O)CCC(=O)c1ccc(Cl)cc1.Cl. The number of halogens is 2. The molecule has 6 heteroatoms. The van der Waals surface area contributed by atoms with Crippen molar-refractivity contribution in [1.82, 2.24) is 5.32 Å². The maximum absolute atomic E-state index is 11.8. The van der Waals surface area contributed by atoms with E-state index in [9.17, 15) is 9.59 Å². The van der Waals surface area contributed by atoms with Gasteiger partial charge in [0.1, 0.15) is 0 Å². The third-order valence-corrected chi connectivity index (χ3v) is 2.76. The molecule has 19 heavy (non-hydrogen) atoms. The molecule has 1 amide bonds. The number of Topliss-reactive ketones (excluding diaryl/α,β-unsaturated/α-hetero) is 1.